The molecule has 0 amide bonds. The van der Waals surface area contributed by atoms with Crippen LogP contribution >= 0.6 is 0 Å². The van der Waals surface area contributed by atoms with Crippen molar-refractivity contribution in [1.29, 1.82) is 0 Å². The number of para-hydroxylation sites is 3. The molecule has 6 nitrogen and oxygen atoms in total. The van der Waals surface area contributed by atoms with Gasteiger partial charge in [-0.3, -0.25) is 0 Å². The van der Waals surface area contributed by atoms with Gasteiger partial charge in [0.15, 0.2) is 0 Å². The minimum absolute atomic E-state index is 0.332. The predicted octanol–water partition coefficient (Wildman–Crippen LogP) is 3.69. The van der Waals surface area contributed by atoms with Crippen molar-refractivity contribution < 1.29 is 9.13 Å². The Hall–Kier alpha value is -3.35. The molecule has 0 saturated carbocycles. The first-order valence-corrected chi connectivity index (χ1v) is 9.22. The molecule has 1 aliphatic heterocycles. The van der Waals surface area contributed by atoms with Crippen molar-refractivity contribution >= 4 is 23.1 Å². The molecule has 4 rings (SSSR count). The number of rotatable bonds is 5. The van der Waals surface area contributed by atoms with E-state index >= 15 is 0 Å². The molecule has 0 radical (unpaired) electrons. The highest BCUT2D eigenvalue weighted by molar-refractivity contribution is 5.60. The van der Waals surface area contributed by atoms with Gasteiger partial charge in [0.05, 0.1) is 18.5 Å². The fourth-order valence-corrected chi connectivity index (χ4v) is 3.34. The standard InChI is InChI=1S/C21H22FN5O/c1-28-19-9-5-4-8-18(19)26-12-14-27(15-13-26)20-10-11-23-21(25-20)24-17-7-3-2-6-16(17)22/h2-11H,12-15H2,1H3,(H,23,24,25). The zero-order chi connectivity index (χ0) is 19.3. The second-order valence-corrected chi connectivity index (χ2v) is 6.49. The minimum Gasteiger partial charge on any atom is -0.495 e. The number of nitrogens with one attached hydrogen (secondary N) is 1. The number of anilines is 4. The summed E-state index contributed by atoms with van der Waals surface area (Å²) in [5.74, 6) is 1.76. The molecule has 1 fully saturated rings. The van der Waals surface area contributed by atoms with E-state index < -0.39 is 0 Å². The summed E-state index contributed by atoms with van der Waals surface area (Å²) in [4.78, 5) is 13.3. The van der Waals surface area contributed by atoms with Gasteiger partial charge in [0.1, 0.15) is 17.4 Å². The molecule has 1 N–H and O–H groups in total. The fraction of sp³-hybridized carbons (Fsp3) is 0.238. The van der Waals surface area contributed by atoms with Gasteiger partial charge in [-0.05, 0) is 30.3 Å². The SMILES string of the molecule is COc1ccccc1N1CCN(c2ccnc(Nc3ccccc3F)n2)CC1. The monoisotopic (exact) mass is 379 g/mol. The van der Waals surface area contributed by atoms with Crippen LogP contribution in [0.4, 0.5) is 27.5 Å². The third-order valence-electron chi connectivity index (χ3n) is 4.79. The van der Waals surface area contributed by atoms with Crippen LogP contribution in [0.5, 0.6) is 5.75 Å². The average molecular weight is 379 g/mol. The van der Waals surface area contributed by atoms with E-state index in [0.717, 1.165) is 43.4 Å². The van der Waals surface area contributed by atoms with Gasteiger partial charge in [0.25, 0.3) is 0 Å². The van der Waals surface area contributed by atoms with E-state index in [9.17, 15) is 4.39 Å². The van der Waals surface area contributed by atoms with Crippen LogP contribution in [0.25, 0.3) is 0 Å². The zero-order valence-corrected chi connectivity index (χ0v) is 15.7. The van der Waals surface area contributed by atoms with Gasteiger partial charge >= 0.3 is 0 Å². The Bertz CT molecular complexity index is 943. The van der Waals surface area contributed by atoms with Crippen molar-refractivity contribution in [2.75, 3.05) is 48.4 Å². The van der Waals surface area contributed by atoms with Crippen LogP contribution in [-0.4, -0.2) is 43.3 Å². The molecule has 1 aliphatic rings. The van der Waals surface area contributed by atoms with Gasteiger partial charge in [-0.2, -0.15) is 4.98 Å². The first kappa shape index (κ1) is 18.0. The van der Waals surface area contributed by atoms with Gasteiger partial charge in [0.2, 0.25) is 5.95 Å². The van der Waals surface area contributed by atoms with Crippen LogP contribution < -0.4 is 19.9 Å². The van der Waals surface area contributed by atoms with Gasteiger partial charge < -0.3 is 19.9 Å². The lowest BCUT2D eigenvalue weighted by atomic mass is 10.2. The summed E-state index contributed by atoms with van der Waals surface area (Å²) in [6.07, 6.45) is 1.69. The molecular weight excluding hydrogens is 357 g/mol. The normalized spacial score (nSPS) is 14.1. The molecule has 0 unspecified atom stereocenters. The van der Waals surface area contributed by atoms with Gasteiger partial charge in [-0.25, -0.2) is 9.37 Å². The number of methoxy groups -OCH3 is 1. The molecule has 2 heterocycles. The Morgan fingerprint density at radius 3 is 2.43 bits per heavy atom. The van der Waals surface area contributed by atoms with Gasteiger partial charge in [-0.1, -0.05) is 24.3 Å². The summed E-state index contributed by atoms with van der Waals surface area (Å²) in [5, 5.41) is 2.95. The Balaban J connectivity index is 1.44. The summed E-state index contributed by atoms with van der Waals surface area (Å²) >= 11 is 0. The molecular formula is C21H22FN5O. The van der Waals surface area contributed by atoms with Gasteiger partial charge in [0, 0.05) is 32.4 Å². The van der Waals surface area contributed by atoms with Gasteiger partial charge in [-0.15, -0.1) is 0 Å². The van der Waals surface area contributed by atoms with Crippen LogP contribution in [0.2, 0.25) is 0 Å². The molecule has 3 aromatic rings. The lowest BCUT2D eigenvalue weighted by Crippen LogP contribution is -2.47. The summed E-state index contributed by atoms with van der Waals surface area (Å²) in [6, 6.07) is 16.4. The van der Waals surface area contributed by atoms with E-state index in [2.05, 4.69) is 31.2 Å². The molecule has 1 aromatic heterocycles. The number of benzene rings is 2. The largest absolute Gasteiger partial charge is 0.495 e. The number of aromatic nitrogens is 2. The van der Waals surface area contributed by atoms with Crippen LogP contribution in [0.3, 0.4) is 0 Å². The fourth-order valence-electron chi connectivity index (χ4n) is 3.34. The Morgan fingerprint density at radius 1 is 0.929 bits per heavy atom. The maximum Gasteiger partial charge on any atom is 0.229 e. The first-order chi connectivity index (χ1) is 13.7. The van der Waals surface area contributed by atoms with Crippen molar-refractivity contribution in [3.05, 3.63) is 66.6 Å². The van der Waals surface area contributed by atoms with Crippen molar-refractivity contribution in [2.24, 2.45) is 0 Å². The topological polar surface area (TPSA) is 53.5 Å². The second-order valence-electron chi connectivity index (χ2n) is 6.49. The summed E-state index contributed by atoms with van der Waals surface area (Å²) < 4.78 is 19.3. The van der Waals surface area contributed by atoms with Crippen molar-refractivity contribution in [2.45, 2.75) is 0 Å². The van der Waals surface area contributed by atoms with Crippen molar-refractivity contribution in [3.8, 4) is 5.75 Å². The van der Waals surface area contributed by atoms with Crippen molar-refractivity contribution in [3.63, 3.8) is 0 Å². The molecule has 2 aromatic carbocycles. The van der Waals surface area contributed by atoms with E-state index in [0.29, 0.717) is 11.6 Å². The molecule has 0 aliphatic carbocycles. The Kier molecular flexibility index (Phi) is 5.23. The quantitative estimate of drug-likeness (QED) is 0.730. The summed E-state index contributed by atoms with van der Waals surface area (Å²) in [5.41, 5.74) is 1.47. The van der Waals surface area contributed by atoms with Crippen LogP contribution in [0.1, 0.15) is 0 Å². The number of piperazine rings is 1. The first-order valence-electron chi connectivity index (χ1n) is 9.22. The van der Waals surface area contributed by atoms with Crippen LogP contribution in [0.15, 0.2) is 60.8 Å². The Labute approximate surface area is 163 Å². The number of hydrogen-bond acceptors (Lipinski definition) is 6. The van der Waals surface area contributed by atoms with Crippen LogP contribution in [0, 0.1) is 5.82 Å². The summed E-state index contributed by atoms with van der Waals surface area (Å²) in [7, 11) is 1.69. The number of hydrogen-bond donors (Lipinski definition) is 1. The highest BCUT2D eigenvalue weighted by Crippen LogP contribution is 2.29. The molecule has 0 bridgehead atoms. The summed E-state index contributed by atoms with van der Waals surface area (Å²) in [6.45, 7) is 3.38. The van der Waals surface area contributed by atoms with E-state index in [1.165, 1.54) is 6.07 Å². The minimum atomic E-state index is -0.332. The third-order valence-corrected chi connectivity index (χ3v) is 4.79. The molecule has 0 spiro atoms. The molecule has 1 saturated heterocycles. The third kappa shape index (κ3) is 3.83. The maximum atomic E-state index is 13.9. The molecule has 28 heavy (non-hydrogen) atoms. The Morgan fingerprint density at radius 2 is 1.64 bits per heavy atom. The van der Waals surface area contributed by atoms with Crippen LogP contribution in [-0.2, 0) is 0 Å². The number of halogens is 1. The molecule has 0 atom stereocenters. The predicted molar refractivity (Wildman–Crippen MR) is 109 cm³/mol. The highest BCUT2D eigenvalue weighted by atomic mass is 19.1. The van der Waals surface area contributed by atoms with Crippen molar-refractivity contribution in [1.82, 2.24) is 9.97 Å². The molecule has 144 valence electrons. The highest BCUT2D eigenvalue weighted by Gasteiger charge is 2.20. The maximum absolute atomic E-state index is 13.9. The molecule has 7 heteroatoms. The number of ether oxygens (including phenoxy) is 1. The van der Waals surface area contributed by atoms with E-state index in [1.54, 1.807) is 31.5 Å². The lowest BCUT2D eigenvalue weighted by molar-refractivity contribution is 0.413. The second kappa shape index (κ2) is 8.12. The smallest absolute Gasteiger partial charge is 0.229 e. The van der Waals surface area contributed by atoms with E-state index in [-0.39, 0.29) is 5.82 Å². The average Bonchev–Trinajstić information content (AvgIpc) is 2.76. The zero-order valence-electron chi connectivity index (χ0n) is 15.7. The van der Waals surface area contributed by atoms with E-state index in [4.69, 9.17) is 4.74 Å². The number of nitrogens with zero attached hydrogens (tertiary/aromatic N) is 4. The van der Waals surface area contributed by atoms with E-state index in [1.807, 2.05) is 24.3 Å². The lowest BCUT2D eigenvalue weighted by Gasteiger charge is -2.37.